The quantitative estimate of drug-likeness (QED) is 0.780. The Morgan fingerprint density at radius 1 is 1.15 bits per heavy atom. The van der Waals surface area contributed by atoms with Gasteiger partial charge in [0.25, 0.3) is 0 Å². The maximum atomic E-state index is 13.3. The van der Waals surface area contributed by atoms with Crippen LogP contribution in [0.2, 0.25) is 0 Å². The van der Waals surface area contributed by atoms with Crippen molar-refractivity contribution in [3.8, 4) is 5.75 Å². The van der Waals surface area contributed by atoms with E-state index in [0.29, 0.717) is 16.3 Å². The van der Waals surface area contributed by atoms with Crippen LogP contribution in [0.3, 0.4) is 0 Å². The molecule has 0 radical (unpaired) electrons. The molecule has 1 heterocycles. The highest BCUT2D eigenvalue weighted by Crippen LogP contribution is 2.30. The second kappa shape index (κ2) is 5.05. The number of hydrogen-bond donors (Lipinski definition) is 1. The Labute approximate surface area is 117 Å². The van der Waals surface area contributed by atoms with Gasteiger partial charge in [-0.1, -0.05) is 11.3 Å². The first-order chi connectivity index (χ1) is 9.65. The van der Waals surface area contributed by atoms with Crippen LogP contribution in [0.5, 0.6) is 5.75 Å². The molecule has 6 heteroatoms. The van der Waals surface area contributed by atoms with Gasteiger partial charge in [-0.25, -0.2) is 13.8 Å². The summed E-state index contributed by atoms with van der Waals surface area (Å²) in [6.45, 7) is 0. The first-order valence-corrected chi connectivity index (χ1v) is 6.64. The Morgan fingerprint density at radius 3 is 2.80 bits per heavy atom. The number of fused-ring (bicyclic) bond motifs is 1. The molecule has 0 saturated carbocycles. The van der Waals surface area contributed by atoms with Gasteiger partial charge in [0.2, 0.25) is 0 Å². The highest BCUT2D eigenvalue weighted by molar-refractivity contribution is 7.22. The van der Waals surface area contributed by atoms with Crippen LogP contribution in [0.1, 0.15) is 0 Å². The summed E-state index contributed by atoms with van der Waals surface area (Å²) in [6.07, 6.45) is 0. The van der Waals surface area contributed by atoms with E-state index in [1.807, 2.05) is 0 Å². The van der Waals surface area contributed by atoms with Gasteiger partial charge >= 0.3 is 0 Å². The number of methoxy groups -OCH3 is 1. The maximum Gasteiger partial charge on any atom is 0.188 e. The summed E-state index contributed by atoms with van der Waals surface area (Å²) in [5, 5.41) is 3.66. The van der Waals surface area contributed by atoms with Gasteiger partial charge in [0.15, 0.2) is 16.7 Å². The van der Waals surface area contributed by atoms with Crippen molar-refractivity contribution in [2.24, 2.45) is 0 Å². The van der Waals surface area contributed by atoms with Crippen molar-refractivity contribution < 1.29 is 13.5 Å². The molecule has 2 aromatic carbocycles. The number of ether oxygens (including phenoxy) is 1. The van der Waals surface area contributed by atoms with E-state index in [9.17, 15) is 8.78 Å². The summed E-state index contributed by atoms with van der Waals surface area (Å²) in [5.74, 6) is -0.593. The van der Waals surface area contributed by atoms with E-state index in [1.165, 1.54) is 36.6 Å². The molecule has 0 saturated heterocycles. The third kappa shape index (κ3) is 2.42. The largest absolute Gasteiger partial charge is 0.494 e. The molecule has 0 aliphatic carbocycles. The van der Waals surface area contributed by atoms with Crippen molar-refractivity contribution >= 4 is 32.4 Å². The van der Waals surface area contributed by atoms with Crippen LogP contribution in [-0.2, 0) is 0 Å². The van der Waals surface area contributed by atoms with Crippen molar-refractivity contribution in [2.45, 2.75) is 0 Å². The van der Waals surface area contributed by atoms with Crippen LogP contribution >= 0.6 is 11.3 Å². The van der Waals surface area contributed by atoms with Gasteiger partial charge in [-0.05, 0) is 24.3 Å². The number of thiazole rings is 1. The fraction of sp³-hybridized carbons (Fsp3) is 0.0714. The minimum atomic E-state index is -0.426. The van der Waals surface area contributed by atoms with Gasteiger partial charge in [0.1, 0.15) is 5.82 Å². The lowest BCUT2D eigenvalue weighted by Gasteiger charge is -2.06. The van der Waals surface area contributed by atoms with E-state index in [0.717, 1.165) is 4.70 Å². The molecular formula is C14H10F2N2OS. The van der Waals surface area contributed by atoms with Crippen LogP contribution in [0.25, 0.3) is 10.2 Å². The van der Waals surface area contributed by atoms with Crippen molar-refractivity contribution in [2.75, 3.05) is 12.4 Å². The zero-order valence-electron chi connectivity index (χ0n) is 10.5. The number of rotatable bonds is 3. The smallest absolute Gasteiger partial charge is 0.188 e. The van der Waals surface area contributed by atoms with Crippen molar-refractivity contribution in [1.82, 2.24) is 4.98 Å². The van der Waals surface area contributed by atoms with E-state index in [-0.39, 0.29) is 11.6 Å². The molecule has 0 aliphatic rings. The molecular weight excluding hydrogens is 282 g/mol. The SMILES string of the molecule is COc1cc(Nc2nc3cc(F)ccc3s2)ccc1F. The number of nitrogens with zero attached hydrogens (tertiary/aromatic N) is 1. The Morgan fingerprint density at radius 2 is 2.00 bits per heavy atom. The number of anilines is 2. The predicted octanol–water partition coefficient (Wildman–Crippen LogP) is 4.33. The van der Waals surface area contributed by atoms with Gasteiger partial charge in [-0.15, -0.1) is 0 Å². The van der Waals surface area contributed by atoms with Crippen LogP contribution < -0.4 is 10.1 Å². The Balaban J connectivity index is 1.92. The molecule has 0 spiro atoms. The molecule has 0 bridgehead atoms. The lowest BCUT2D eigenvalue weighted by molar-refractivity contribution is 0.387. The molecule has 3 aromatic rings. The molecule has 1 aromatic heterocycles. The van der Waals surface area contributed by atoms with E-state index < -0.39 is 5.82 Å². The third-order valence-electron chi connectivity index (χ3n) is 2.75. The number of halogens is 2. The van der Waals surface area contributed by atoms with E-state index >= 15 is 0 Å². The lowest BCUT2D eigenvalue weighted by atomic mass is 10.3. The summed E-state index contributed by atoms with van der Waals surface area (Å²) >= 11 is 1.40. The highest BCUT2D eigenvalue weighted by Gasteiger charge is 2.07. The Kier molecular flexibility index (Phi) is 3.23. The minimum absolute atomic E-state index is 0.155. The standard InChI is InChI=1S/C14H10F2N2OS/c1-19-12-7-9(3-4-10(12)16)17-14-18-11-6-8(15)2-5-13(11)20-14/h2-7H,1H3,(H,17,18). The molecule has 0 amide bonds. The zero-order chi connectivity index (χ0) is 14.1. The van der Waals surface area contributed by atoms with Crippen molar-refractivity contribution in [3.05, 3.63) is 48.0 Å². The molecule has 3 nitrogen and oxygen atoms in total. The molecule has 20 heavy (non-hydrogen) atoms. The number of hydrogen-bond acceptors (Lipinski definition) is 4. The second-order valence-corrected chi connectivity index (χ2v) is 5.14. The molecule has 0 fully saturated rings. The second-order valence-electron chi connectivity index (χ2n) is 4.11. The van der Waals surface area contributed by atoms with Gasteiger partial charge in [0, 0.05) is 17.8 Å². The number of aromatic nitrogens is 1. The van der Waals surface area contributed by atoms with E-state index in [1.54, 1.807) is 18.2 Å². The topological polar surface area (TPSA) is 34.1 Å². The fourth-order valence-electron chi connectivity index (χ4n) is 1.82. The van der Waals surface area contributed by atoms with Gasteiger partial charge in [-0.2, -0.15) is 0 Å². The van der Waals surface area contributed by atoms with Gasteiger partial charge in [-0.3, -0.25) is 0 Å². The Bertz CT molecular complexity index is 773. The number of nitrogens with one attached hydrogen (secondary N) is 1. The molecule has 3 rings (SSSR count). The van der Waals surface area contributed by atoms with Crippen molar-refractivity contribution in [1.29, 1.82) is 0 Å². The van der Waals surface area contributed by atoms with E-state index in [2.05, 4.69) is 10.3 Å². The van der Waals surface area contributed by atoms with Crippen LogP contribution in [0.15, 0.2) is 36.4 Å². The van der Waals surface area contributed by atoms with Crippen LogP contribution in [0, 0.1) is 11.6 Å². The highest BCUT2D eigenvalue weighted by atomic mass is 32.1. The maximum absolute atomic E-state index is 13.3. The monoisotopic (exact) mass is 292 g/mol. The summed E-state index contributed by atoms with van der Waals surface area (Å²) in [4.78, 5) is 4.28. The summed E-state index contributed by atoms with van der Waals surface area (Å²) in [5.41, 5.74) is 1.24. The molecule has 102 valence electrons. The minimum Gasteiger partial charge on any atom is -0.494 e. The summed E-state index contributed by atoms with van der Waals surface area (Å²) in [6, 6.07) is 8.90. The average Bonchev–Trinajstić information content (AvgIpc) is 2.82. The zero-order valence-corrected chi connectivity index (χ0v) is 11.3. The van der Waals surface area contributed by atoms with Crippen LogP contribution in [0.4, 0.5) is 19.6 Å². The van der Waals surface area contributed by atoms with Crippen LogP contribution in [-0.4, -0.2) is 12.1 Å². The molecule has 1 N–H and O–H groups in total. The lowest BCUT2D eigenvalue weighted by Crippen LogP contribution is -1.93. The Hall–Kier alpha value is -2.21. The first kappa shape index (κ1) is 12.8. The first-order valence-electron chi connectivity index (χ1n) is 5.82. The van der Waals surface area contributed by atoms with Crippen molar-refractivity contribution in [3.63, 3.8) is 0 Å². The van der Waals surface area contributed by atoms with Gasteiger partial charge < -0.3 is 10.1 Å². The molecule has 0 atom stereocenters. The summed E-state index contributed by atoms with van der Waals surface area (Å²) in [7, 11) is 1.41. The third-order valence-corrected chi connectivity index (χ3v) is 3.70. The van der Waals surface area contributed by atoms with E-state index in [4.69, 9.17) is 4.74 Å². The molecule has 0 aliphatic heterocycles. The predicted molar refractivity (Wildman–Crippen MR) is 75.8 cm³/mol. The fourth-order valence-corrected chi connectivity index (χ4v) is 2.68. The number of benzene rings is 2. The normalized spacial score (nSPS) is 10.8. The summed E-state index contributed by atoms with van der Waals surface area (Å²) < 4.78 is 32.2. The van der Waals surface area contributed by atoms with Gasteiger partial charge in [0.05, 0.1) is 17.3 Å². The average molecular weight is 292 g/mol. The molecule has 0 unspecified atom stereocenters.